The molecule has 1 aliphatic rings. The molecule has 25 heavy (non-hydrogen) atoms. The van der Waals surface area contributed by atoms with E-state index in [2.05, 4.69) is 6.07 Å². The second kappa shape index (κ2) is 6.45. The van der Waals surface area contributed by atoms with E-state index < -0.39 is 0 Å². The molecule has 0 amide bonds. The van der Waals surface area contributed by atoms with Crippen LogP contribution in [0.3, 0.4) is 0 Å². The summed E-state index contributed by atoms with van der Waals surface area (Å²) in [6, 6.07) is 9.61. The normalized spacial score (nSPS) is 13.6. The number of nitriles is 1. The summed E-state index contributed by atoms with van der Waals surface area (Å²) in [7, 11) is 0. The molecule has 0 spiro atoms. The molecule has 4 rings (SSSR count). The molecule has 0 unspecified atom stereocenters. The molecule has 1 aliphatic carbocycles. The molecule has 0 saturated heterocycles. The zero-order valence-corrected chi connectivity index (χ0v) is 15.0. The lowest BCUT2D eigenvalue weighted by Crippen LogP contribution is -2.26. The number of fused-ring (bicyclic) bond motifs is 3. The van der Waals surface area contributed by atoms with Crippen LogP contribution >= 0.6 is 11.3 Å². The lowest BCUT2D eigenvalue weighted by molar-refractivity contribution is 0.680. The van der Waals surface area contributed by atoms with Crippen molar-refractivity contribution in [2.75, 3.05) is 0 Å². The van der Waals surface area contributed by atoms with Gasteiger partial charge in [0, 0.05) is 11.3 Å². The van der Waals surface area contributed by atoms with E-state index >= 15 is 0 Å². The Morgan fingerprint density at radius 1 is 1.32 bits per heavy atom. The number of hydrogen-bond donors (Lipinski definition) is 0. The van der Waals surface area contributed by atoms with Crippen LogP contribution in [-0.4, -0.2) is 9.55 Å². The molecule has 0 fully saturated rings. The Kier molecular flexibility index (Phi) is 4.14. The Labute approximate surface area is 150 Å². The Hall–Kier alpha value is -2.45. The maximum atomic E-state index is 13.3. The Balaban J connectivity index is 1.88. The largest absolute Gasteiger partial charge is 0.292 e. The fourth-order valence-corrected chi connectivity index (χ4v) is 4.91. The average Bonchev–Trinajstić information content (AvgIpc) is 3.02. The van der Waals surface area contributed by atoms with Crippen LogP contribution in [0.2, 0.25) is 0 Å². The molecule has 2 heterocycles. The summed E-state index contributed by atoms with van der Waals surface area (Å²) in [4.78, 5) is 20.3. The third kappa shape index (κ3) is 2.77. The maximum Gasteiger partial charge on any atom is 0.262 e. The van der Waals surface area contributed by atoms with Gasteiger partial charge in [0.1, 0.15) is 10.7 Å². The average molecular weight is 349 g/mol. The molecule has 2 aromatic heterocycles. The summed E-state index contributed by atoms with van der Waals surface area (Å²) in [5.74, 6) is 0.818. The van der Waals surface area contributed by atoms with Crippen LogP contribution in [0.1, 0.15) is 47.2 Å². The van der Waals surface area contributed by atoms with Crippen LogP contribution in [0.25, 0.3) is 10.2 Å². The highest BCUT2D eigenvalue weighted by Crippen LogP contribution is 2.33. The van der Waals surface area contributed by atoms with Gasteiger partial charge in [0.15, 0.2) is 0 Å². The number of aromatic nitrogens is 2. The second-order valence-corrected chi connectivity index (χ2v) is 7.56. The highest BCUT2D eigenvalue weighted by Gasteiger charge is 2.21. The van der Waals surface area contributed by atoms with Crippen LogP contribution in [0.15, 0.2) is 29.1 Å². The molecule has 0 bridgehead atoms. The molecule has 3 aromatic rings. The summed E-state index contributed by atoms with van der Waals surface area (Å²) in [6.07, 6.45) is 5.13. The Morgan fingerprint density at radius 2 is 2.16 bits per heavy atom. The number of benzene rings is 1. The number of nitrogens with zero attached hydrogens (tertiary/aromatic N) is 3. The van der Waals surface area contributed by atoms with Gasteiger partial charge in [0.25, 0.3) is 5.56 Å². The van der Waals surface area contributed by atoms with E-state index in [-0.39, 0.29) is 5.56 Å². The lowest BCUT2D eigenvalue weighted by atomic mass is 9.97. The van der Waals surface area contributed by atoms with Crippen molar-refractivity contribution >= 4 is 21.6 Å². The standard InChI is InChI=1S/C20H19N3OS/c1-2-17-22-19-18(15-8-3-4-9-16(15)25-19)20(24)23(17)12-14-7-5-6-13(10-14)11-21/h5-7,10H,2-4,8-9,12H2,1H3. The first-order valence-electron chi connectivity index (χ1n) is 8.74. The van der Waals surface area contributed by atoms with E-state index in [1.807, 2.05) is 25.1 Å². The van der Waals surface area contributed by atoms with Gasteiger partial charge in [0.2, 0.25) is 0 Å². The van der Waals surface area contributed by atoms with E-state index in [0.29, 0.717) is 18.5 Å². The highest BCUT2D eigenvalue weighted by molar-refractivity contribution is 7.18. The summed E-state index contributed by atoms with van der Waals surface area (Å²) < 4.78 is 1.79. The van der Waals surface area contributed by atoms with Gasteiger partial charge in [-0.2, -0.15) is 5.26 Å². The molecule has 4 nitrogen and oxygen atoms in total. The molecule has 0 aliphatic heterocycles. The first kappa shape index (κ1) is 16.0. The van der Waals surface area contributed by atoms with Gasteiger partial charge in [-0.15, -0.1) is 11.3 Å². The van der Waals surface area contributed by atoms with Gasteiger partial charge >= 0.3 is 0 Å². The molecular formula is C20H19N3OS. The van der Waals surface area contributed by atoms with Crippen molar-refractivity contribution in [1.82, 2.24) is 9.55 Å². The lowest BCUT2D eigenvalue weighted by Gasteiger charge is -2.13. The van der Waals surface area contributed by atoms with Crippen LogP contribution in [0.5, 0.6) is 0 Å². The molecular weight excluding hydrogens is 330 g/mol. The number of hydrogen-bond acceptors (Lipinski definition) is 4. The summed E-state index contributed by atoms with van der Waals surface area (Å²) >= 11 is 1.70. The van der Waals surface area contributed by atoms with Crippen molar-refractivity contribution in [2.24, 2.45) is 0 Å². The summed E-state index contributed by atoms with van der Waals surface area (Å²) in [5, 5.41) is 9.93. The highest BCUT2D eigenvalue weighted by atomic mass is 32.1. The Morgan fingerprint density at radius 3 is 2.96 bits per heavy atom. The van der Waals surface area contributed by atoms with E-state index in [9.17, 15) is 4.79 Å². The molecule has 0 atom stereocenters. The van der Waals surface area contributed by atoms with E-state index in [1.54, 1.807) is 22.0 Å². The molecule has 5 heteroatoms. The van der Waals surface area contributed by atoms with Gasteiger partial charge < -0.3 is 0 Å². The zero-order chi connectivity index (χ0) is 17.4. The minimum atomic E-state index is 0.0728. The van der Waals surface area contributed by atoms with Gasteiger partial charge in [0.05, 0.1) is 23.6 Å². The fourth-order valence-electron chi connectivity index (χ4n) is 3.64. The minimum absolute atomic E-state index is 0.0728. The summed E-state index contributed by atoms with van der Waals surface area (Å²) in [5.41, 5.74) is 2.88. The van der Waals surface area contributed by atoms with E-state index in [4.69, 9.17) is 10.2 Å². The van der Waals surface area contributed by atoms with Crippen LogP contribution in [0, 0.1) is 11.3 Å². The number of rotatable bonds is 3. The minimum Gasteiger partial charge on any atom is -0.292 e. The topological polar surface area (TPSA) is 58.7 Å². The Bertz CT molecular complexity index is 1060. The van der Waals surface area contributed by atoms with Crippen molar-refractivity contribution in [3.63, 3.8) is 0 Å². The maximum absolute atomic E-state index is 13.3. The van der Waals surface area contributed by atoms with Gasteiger partial charge in [-0.25, -0.2) is 4.98 Å². The zero-order valence-electron chi connectivity index (χ0n) is 14.2. The van der Waals surface area contributed by atoms with Crippen LogP contribution in [0.4, 0.5) is 0 Å². The van der Waals surface area contributed by atoms with Crippen molar-refractivity contribution in [2.45, 2.75) is 45.6 Å². The number of aryl methyl sites for hydroxylation is 3. The van der Waals surface area contributed by atoms with Crippen LogP contribution in [-0.2, 0) is 25.8 Å². The molecule has 1 aromatic carbocycles. The fraction of sp³-hybridized carbons (Fsp3) is 0.350. The van der Waals surface area contributed by atoms with Gasteiger partial charge in [-0.3, -0.25) is 9.36 Å². The third-order valence-corrected chi connectivity index (χ3v) is 6.05. The van der Waals surface area contributed by atoms with Gasteiger partial charge in [-0.1, -0.05) is 19.1 Å². The van der Waals surface area contributed by atoms with Gasteiger partial charge in [-0.05, 0) is 48.9 Å². The quantitative estimate of drug-likeness (QED) is 0.722. The smallest absolute Gasteiger partial charge is 0.262 e. The first-order chi connectivity index (χ1) is 12.2. The van der Waals surface area contributed by atoms with E-state index in [0.717, 1.165) is 40.9 Å². The predicted octanol–water partition coefficient (Wildman–Crippen LogP) is 3.82. The number of thiophene rings is 1. The first-order valence-corrected chi connectivity index (χ1v) is 9.56. The van der Waals surface area contributed by atoms with Crippen molar-refractivity contribution in [3.8, 4) is 6.07 Å². The van der Waals surface area contributed by atoms with Crippen molar-refractivity contribution < 1.29 is 0 Å². The van der Waals surface area contributed by atoms with Crippen molar-refractivity contribution in [3.05, 3.63) is 62.0 Å². The van der Waals surface area contributed by atoms with E-state index in [1.165, 1.54) is 16.9 Å². The van der Waals surface area contributed by atoms with Crippen LogP contribution < -0.4 is 5.56 Å². The third-order valence-electron chi connectivity index (χ3n) is 4.87. The van der Waals surface area contributed by atoms with Crippen molar-refractivity contribution in [1.29, 1.82) is 5.26 Å². The second-order valence-electron chi connectivity index (χ2n) is 6.48. The predicted molar refractivity (Wildman–Crippen MR) is 100 cm³/mol. The molecule has 0 radical (unpaired) electrons. The SMILES string of the molecule is CCc1nc2sc3c(c2c(=O)n1Cc1cccc(C#N)c1)CCCC3. The molecule has 0 saturated carbocycles. The summed E-state index contributed by atoms with van der Waals surface area (Å²) in [6.45, 7) is 2.49. The monoisotopic (exact) mass is 349 g/mol. The molecule has 126 valence electrons. The molecule has 0 N–H and O–H groups in total.